The molecule has 15 heteroatoms. The van der Waals surface area contributed by atoms with Crippen molar-refractivity contribution in [2.45, 2.75) is 107 Å². The number of benzene rings is 3. The zero-order valence-electron chi connectivity index (χ0n) is 36.7. The van der Waals surface area contributed by atoms with E-state index < -0.39 is 12.0 Å². The van der Waals surface area contributed by atoms with Crippen LogP contribution in [0.25, 0.3) is 0 Å². The lowest BCUT2D eigenvalue weighted by Gasteiger charge is -2.29. The highest BCUT2D eigenvalue weighted by Gasteiger charge is 2.42. The molecule has 2 aliphatic heterocycles. The second-order valence-electron chi connectivity index (χ2n) is 17.0. The summed E-state index contributed by atoms with van der Waals surface area (Å²) in [4.78, 5) is 70.1. The maximum atomic E-state index is 14.2. The van der Waals surface area contributed by atoms with Gasteiger partial charge >= 0.3 is 6.03 Å². The SMILES string of the molecule is CC(C)C[C@@H](C(=O)N[C@@H](Cc1ccccc1)C(=O)NCCCCCCNC(=O)CCCCC1SCC2NC(=O)NC21)[C@@H](CONO)CSCc1ccc(C(=O)c2ccccc2)cc1. The summed E-state index contributed by atoms with van der Waals surface area (Å²) in [5.74, 6) is 1.10. The monoisotopic (exact) mass is 902 g/mol. The Balaban J connectivity index is 1.05. The molecule has 6 atom stereocenters. The second kappa shape index (κ2) is 27.0. The van der Waals surface area contributed by atoms with Crippen molar-refractivity contribution in [2.75, 3.05) is 31.2 Å². The highest BCUT2D eigenvalue weighted by molar-refractivity contribution is 8.00. The molecule has 5 amide bonds. The van der Waals surface area contributed by atoms with Gasteiger partial charge in [-0.25, -0.2) is 4.79 Å². The summed E-state index contributed by atoms with van der Waals surface area (Å²) in [5, 5.41) is 24.9. The van der Waals surface area contributed by atoms with Crippen molar-refractivity contribution in [3.63, 3.8) is 0 Å². The van der Waals surface area contributed by atoms with Crippen LogP contribution in [0.5, 0.6) is 0 Å². The number of rotatable bonds is 29. The minimum atomic E-state index is -0.790. The van der Waals surface area contributed by atoms with Crippen LogP contribution in [0, 0.1) is 17.8 Å². The van der Waals surface area contributed by atoms with Crippen LogP contribution >= 0.6 is 23.5 Å². The first-order valence-electron chi connectivity index (χ1n) is 22.5. The number of fused-ring (bicyclic) bond motifs is 1. The number of carbonyl (C=O) groups is 5. The van der Waals surface area contributed by atoms with E-state index in [1.54, 1.807) is 29.5 Å². The van der Waals surface area contributed by atoms with Crippen LogP contribution < -0.4 is 32.2 Å². The van der Waals surface area contributed by atoms with Crippen molar-refractivity contribution >= 4 is 53.1 Å². The maximum Gasteiger partial charge on any atom is 0.315 e. The molecule has 3 aromatic carbocycles. The molecule has 0 aromatic heterocycles. The molecule has 0 radical (unpaired) electrons. The van der Waals surface area contributed by atoms with Crippen molar-refractivity contribution in [2.24, 2.45) is 17.8 Å². The Morgan fingerprint density at radius 2 is 1.49 bits per heavy atom. The van der Waals surface area contributed by atoms with Crippen LogP contribution in [0.4, 0.5) is 4.79 Å². The predicted molar refractivity (Wildman–Crippen MR) is 250 cm³/mol. The van der Waals surface area contributed by atoms with E-state index in [9.17, 15) is 29.2 Å². The highest BCUT2D eigenvalue weighted by Crippen LogP contribution is 2.33. The fraction of sp³-hybridized carbons (Fsp3) is 0.521. The Hall–Kier alpha value is -4.41. The zero-order chi connectivity index (χ0) is 44.8. The fourth-order valence-corrected chi connectivity index (χ4v) is 10.9. The predicted octanol–water partition coefficient (Wildman–Crippen LogP) is 6.59. The molecule has 2 heterocycles. The number of carbonyl (C=O) groups excluding carboxylic acids is 5. The third-order valence-corrected chi connectivity index (χ3v) is 14.3. The van der Waals surface area contributed by atoms with Crippen molar-refractivity contribution < 1.29 is 34.0 Å². The number of thioether (sulfide) groups is 2. The van der Waals surface area contributed by atoms with Crippen LogP contribution in [0.1, 0.15) is 98.7 Å². The smallest absolute Gasteiger partial charge is 0.315 e. The van der Waals surface area contributed by atoms with Gasteiger partial charge in [-0.1, -0.05) is 124 Å². The van der Waals surface area contributed by atoms with E-state index >= 15 is 0 Å². The molecule has 63 heavy (non-hydrogen) atoms. The van der Waals surface area contributed by atoms with Gasteiger partial charge in [-0.3, -0.25) is 29.2 Å². The molecule has 342 valence electrons. The largest absolute Gasteiger partial charge is 0.356 e. The number of unbranched alkanes of at least 4 members (excludes halogenated alkanes) is 4. The molecule has 0 bridgehead atoms. The Bertz CT molecular complexity index is 1870. The molecule has 5 rings (SSSR count). The van der Waals surface area contributed by atoms with E-state index in [2.05, 4.69) is 40.4 Å². The number of urea groups is 1. The average Bonchev–Trinajstić information content (AvgIpc) is 3.85. The first-order chi connectivity index (χ1) is 30.6. The van der Waals surface area contributed by atoms with Crippen LogP contribution in [-0.4, -0.2) is 89.3 Å². The molecule has 2 fully saturated rings. The summed E-state index contributed by atoms with van der Waals surface area (Å²) < 4.78 is 0. The minimum Gasteiger partial charge on any atom is -0.356 e. The second-order valence-corrected chi connectivity index (χ2v) is 19.3. The van der Waals surface area contributed by atoms with E-state index in [-0.39, 0.29) is 60.1 Å². The third-order valence-electron chi connectivity index (χ3n) is 11.6. The molecule has 3 aromatic rings. The number of amides is 5. The van der Waals surface area contributed by atoms with Gasteiger partial charge in [0.15, 0.2) is 5.78 Å². The van der Waals surface area contributed by atoms with Gasteiger partial charge in [0.1, 0.15) is 6.04 Å². The first-order valence-corrected chi connectivity index (χ1v) is 24.7. The number of nitrogens with one attached hydrogen (secondary N) is 6. The van der Waals surface area contributed by atoms with Crippen molar-refractivity contribution in [1.82, 2.24) is 32.2 Å². The number of hydrogen-bond acceptors (Lipinski definition) is 10. The summed E-state index contributed by atoms with van der Waals surface area (Å²) in [6, 6.07) is 25.9. The topological polar surface area (TPSA) is 187 Å². The van der Waals surface area contributed by atoms with Gasteiger partial charge in [0.05, 0.1) is 18.7 Å². The lowest BCUT2D eigenvalue weighted by Crippen LogP contribution is -2.51. The lowest BCUT2D eigenvalue weighted by atomic mass is 9.85. The maximum absolute atomic E-state index is 14.2. The van der Waals surface area contributed by atoms with Gasteiger partial charge in [0.25, 0.3) is 0 Å². The van der Waals surface area contributed by atoms with Crippen LogP contribution in [0.15, 0.2) is 84.9 Å². The van der Waals surface area contributed by atoms with Crippen LogP contribution in [0.2, 0.25) is 0 Å². The van der Waals surface area contributed by atoms with E-state index in [1.165, 1.54) is 0 Å². The molecule has 2 aliphatic rings. The summed E-state index contributed by atoms with van der Waals surface area (Å²) >= 11 is 3.54. The molecule has 2 saturated heterocycles. The highest BCUT2D eigenvalue weighted by atomic mass is 32.2. The lowest BCUT2D eigenvalue weighted by molar-refractivity contribution is -0.146. The Kier molecular flexibility index (Phi) is 21.3. The Labute approximate surface area is 381 Å². The molecular formula is C48H66N6O7S2. The molecule has 7 N–H and O–H groups in total. The Morgan fingerprint density at radius 1 is 0.810 bits per heavy atom. The number of hydrogen-bond donors (Lipinski definition) is 7. The van der Waals surface area contributed by atoms with Gasteiger partial charge in [0, 0.05) is 65.6 Å². The van der Waals surface area contributed by atoms with E-state index in [0.29, 0.717) is 60.2 Å². The van der Waals surface area contributed by atoms with Gasteiger partial charge in [-0.2, -0.15) is 23.5 Å². The van der Waals surface area contributed by atoms with E-state index in [0.717, 1.165) is 61.8 Å². The van der Waals surface area contributed by atoms with E-state index in [1.807, 2.05) is 84.6 Å². The van der Waals surface area contributed by atoms with Gasteiger partial charge in [-0.15, -0.1) is 0 Å². The molecule has 3 unspecified atom stereocenters. The average molecular weight is 903 g/mol. The zero-order valence-corrected chi connectivity index (χ0v) is 38.3. The summed E-state index contributed by atoms with van der Waals surface area (Å²) in [6.07, 6.45) is 7.62. The third kappa shape index (κ3) is 16.9. The summed E-state index contributed by atoms with van der Waals surface area (Å²) in [7, 11) is 0. The molecule has 0 saturated carbocycles. The molecular weight excluding hydrogens is 837 g/mol. The minimum absolute atomic E-state index is 0.0315. The van der Waals surface area contributed by atoms with Crippen molar-refractivity contribution in [3.05, 3.63) is 107 Å². The van der Waals surface area contributed by atoms with Crippen LogP contribution in [-0.2, 0) is 31.4 Å². The molecule has 0 aliphatic carbocycles. The van der Waals surface area contributed by atoms with Crippen molar-refractivity contribution in [3.8, 4) is 0 Å². The van der Waals surface area contributed by atoms with Crippen molar-refractivity contribution in [1.29, 1.82) is 0 Å². The van der Waals surface area contributed by atoms with Gasteiger partial charge in [-0.05, 0) is 54.9 Å². The normalized spacial score (nSPS) is 18.2. The van der Waals surface area contributed by atoms with Gasteiger partial charge < -0.3 is 26.6 Å². The summed E-state index contributed by atoms with van der Waals surface area (Å²) in [6.45, 7) is 5.29. The van der Waals surface area contributed by atoms with E-state index in [4.69, 9.17) is 4.84 Å². The quantitative estimate of drug-likeness (QED) is 0.0174. The fourth-order valence-electron chi connectivity index (χ4n) is 8.15. The number of ketones is 1. The standard InChI is InChI=1S/C48H66N6O7S2/c1-33(2)27-39(38(29-61-54-60)31-62-30-35-21-23-37(24-22-35)45(56)36-17-9-6-10-18-36)46(57)51-40(28-34-15-7-5-8-16-34)47(58)50-26-14-4-3-13-25-49-43(55)20-12-11-19-42-44-41(32-63-42)52-48(59)53-44/h5-10,15-18,21-24,33,38-42,44,54,60H,3-4,11-14,19-20,25-32H2,1-2H3,(H,49,55)(H,50,58)(H,51,57)(H2,52,53,59)/t38-,39+,40-,41?,42?,44?/m0/s1. The first kappa shape index (κ1) is 49.6. The van der Waals surface area contributed by atoms with Gasteiger partial charge in [0.2, 0.25) is 17.7 Å². The van der Waals surface area contributed by atoms with Crippen LogP contribution in [0.3, 0.4) is 0 Å². The Morgan fingerprint density at radius 3 is 2.19 bits per heavy atom. The molecule has 0 spiro atoms. The molecule has 13 nitrogen and oxygen atoms in total. The summed E-state index contributed by atoms with van der Waals surface area (Å²) in [5.41, 5.74) is 5.01.